The summed E-state index contributed by atoms with van der Waals surface area (Å²) in [7, 11) is 1.58. The summed E-state index contributed by atoms with van der Waals surface area (Å²) >= 11 is 11.7. The molecule has 0 fully saturated rings. The van der Waals surface area contributed by atoms with Crippen LogP contribution in [-0.2, 0) is 9.53 Å². The molecule has 6 heteroatoms. The average Bonchev–Trinajstić information content (AvgIpc) is 2.22. The fourth-order valence-corrected chi connectivity index (χ4v) is 1.97. The molecule has 94 valence electrons. The fraction of sp³-hybridized carbons (Fsp3) is 0.364. The van der Waals surface area contributed by atoms with Gasteiger partial charge in [-0.05, 0) is 23.8 Å². The van der Waals surface area contributed by atoms with Crippen molar-refractivity contribution >= 4 is 29.1 Å². The number of amides is 1. The highest BCUT2D eigenvalue weighted by molar-refractivity contribution is 6.34. The zero-order valence-electron chi connectivity index (χ0n) is 9.37. The molecule has 4 nitrogen and oxygen atoms in total. The quantitative estimate of drug-likeness (QED) is 0.779. The standard InChI is InChI=1S/C11H14Cl2N2O2/c1-17-3-2-15-10(11(14)16)7-4-8(12)6-9(13)5-7/h4-6,10,15H,2-3H2,1H3,(H2,14,16). The maximum Gasteiger partial charge on any atom is 0.239 e. The summed E-state index contributed by atoms with van der Waals surface area (Å²) in [4.78, 5) is 11.3. The fourth-order valence-electron chi connectivity index (χ4n) is 1.43. The molecule has 1 aromatic carbocycles. The third kappa shape index (κ3) is 4.52. The maximum absolute atomic E-state index is 11.3. The second-order valence-electron chi connectivity index (χ2n) is 3.49. The van der Waals surface area contributed by atoms with Crippen LogP contribution >= 0.6 is 23.2 Å². The molecule has 0 radical (unpaired) electrons. The van der Waals surface area contributed by atoms with Crippen LogP contribution in [0.4, 0.5) is 0 Å². The summed E-state index contributed by atoms with van der Waals surface area (Å²) in [5.41, 5.74) is 5.97. The lowest BCUT2D eigenvalue weighted by Gasteiger charge is -2.16. The maximum atomic E-state index is 11.3. The molecule has 0 aromatic heterocycles. The van der Waals surface area contributed by atoms with Crippen molar-refractivity contribution in [2.75, 3.05) is 20.3 Å². The number of nitrogens with two attached hydrogens (primary N) is 1. The lowest BCUT2D eigenvalue weighted by Crippen LogP contribution is -2.35. The highest BCUT2D eigenvalue weighted by atomic mass is 35.5. The van der Waals surface area contributed by atoms with Crippen molar-refractivity contribution in [3.63, 3.8) is 0 Å². The number of benzene rings is 1. The summed E-state index contributed by atoms with van der Waals surface area (Å²) in [5.74, 6) is -0.487. The van der Waals surface area contributed by atoms with E-state index in [0.29, 0.717) is 28.8 Å². The largest absolute Gasteiger partial charge is 0.383 e. The van der Waals surface area contributed by atoms with Crippen LogP contribution in [-0.4, -0.2) is 26.2 Å². The van der Waals surface area contributed by atoms with E-state index in [-0.39, 0.29) is 0 Å². The van der Waals surface area contributed by atoms with Crippen LogP contribution in [0.5, 0.6) is 0 Å². The van der Waals surface area contributed by atoms with Crippen molar-refractivity contribution in [1.82, 2.24) is 5.32 Å². The third-order valence-corrected chi connectivity index (χ3v) is 2.59. The van der Waals surface area contributed by atoms with Crippen LogP contribution in [0.15, 0.2) is 18.2 Å². The van der Waals surface area contributed by atoms with Crippen LogP contribution in [0.25, 0.3) is 0 Å². The Bertz CT molecular complexity index is 379. The van der Waals surface area contributed by atoms with E-state index < -0.39 is 11.9 Å². The van der Waals surface area contributed by atoms with Gasteiger partial charge in [-0.2, -0.15) is 0 Å². The lowest BCUT2D eigenvalue weighted by molar-refractivity contribution is -0.120. The van der Waals surface area contributed by atoms with Crippen molar-refractivity contribution in [3.8, 4) is 0 Å². The van der Waals surface area contributed by atoms with Gasteiger partial charge in [-0.25, -0.2) is 0 Å². The topological polar surface area (TPSA) is 64.3 Å². The first-order valence-electron chi connectivity index (χ1n) is 5.02. The molecule has 0 aliphatic rings. The summed E-state index contributed by atoms with van der Waals surface area (Å²) in [6.07, 6.45) is 0. The Hall–Kier alpha value is -0.810. The number of hydrogen-bond donors (Lipinski definition) is 2. The molecule has 1 amide bonds. The van der Waals surface area contributed by atoms with Gasteiger partial charge in [0.15, 0.2) is 0 Å². The number of carbonyl (C=O) groups is 1. The van der Waals surface area contributed by atoms with E-state index in [0.717, 1.165) is 0 Å². The number of methoxy groups -OCH3 is 1. The van der Waals surface area contributed by atoms with Gasteiger partial charge in [0, 0.05) is 23.7 Å². The van der Waals surface area contributed by atoms with Gasteiger partial charge in [0.05, 0.1) is 6.61 Å². The van der Waals surface area contributed by atoms with Crippen LogP contribution < -0.4 is 11.1 Å². The number of rotatable bonds is 6. The number of nitrogens with one attached hydrogen (secondary N) is 1. The SMILES string of the molecule is COCCNC(C(N)=O)c1cc(Cl)cc(Cl)c1. The highest BCUT2D eigenvalue weighted by Crippen LogP contribution is 2.23. The molecule has 17 heavy (non-hydrogen) atoms. The van der Waals surface area contributed by atoms with E-state index in [1.54, 1.807) is 25.3 Å². The van der Waals surface area contributed by atoms with Crippen LogP contribution in [0.1, 0.15) is 11.6 Å². The van der Waals surface area contributed by atoms with E-state index in [1.165, 1.54) is 0 Å². The summed E-state index contributed by atoms with van der Waals surface area (Å²) < 4.78 is 4.89. The Morgan fingerprint density at radius 3 is 2.47 bits per heavy atom. The Labute approximate surface area is 110 Å². The number of primary amides is 1. The molecule has 0 aliphatic heterocycles. The Balaban J connectivity index is 2.85. The molecule has 0 saturated carbocycles. The molecular weight excluding hydrogens is 263 g/mol. The molecule has 0 saturated heterocycles. The molecule has 1 unspecified atom stereocenters. The minimum absolute atomic E-state index is 0.465. The summed E-state index contributed by atoms with van der Waals surface area (Å²) in [6.45, 7) is 0.992. The first kappa shape index (κ1) is 14.3. The van der Waals surface area contributed by atoms with Crippen molar-refractivity contribution in [1.29, 1.82) is 0 Å². The Kier molecular flexibility index (Phi) is 5.71. The minimum atomic E-state index is -0.624. The molecule has 0 spiro atoms. The first-order chi connectivity index (χ1) is 8.04. The first-order valence-corrected chi connectivity index (χ1v) is 5.78. The molecule has 3 N–H and O–H groups in total. The zero-order valence-corrected chi connectivity index (χ0v) is 10.9. The van der Waals surface area contributed by atoms with E-state index in [1.807, 2.05) is 0 Å². The monoisotopic (exact) mass is 276 g/mol. The predicted octanol–water partition coefficient (Wildman–Crippen LogP) is 1.76. The van der Waals surface area contributed by atoms with Gasteiger partial charge in [-0.15, -0.1) is 0 Å². The van der Waals surface area contributed by atoms with Crippen LogP contribution in [0.2, 0.25) is 10.0 Å². The second kappa shape index (κ2) is 6.81. The van der Waals surface area contributed by atoms with Crippen LogP contribution in [0, 0.1) is 0 Å². The number of ether oxygens (including phenoxy) is 1. The summed E-state index contributed by atoms with van der Waals surface area (Å²) in [5, 5.41) is 3.90. The van der Waals surface area contributed by atoms with Crippen molar-refractivity contribution < 1.29 is 9.53 Å². The smallest absolute Gasteiger partial charge is 0.239 e. The van der Waals surface area contributed by atoms with E-state index in [2.05, 4.69) is 5.32 Å². The second-order valence-corrected chi connectivity index (χ2v) is 4.36. The van der Waals surface area contributed by atoms with Crippen molar-refractivity contribution in [3.05, 3.63) is 33.8 Å². The molecule has 1 aromatic rings. The highest BCUT2D eigenvalue weighted by Gasteiger charge is 2.17. The van der Waals surface area contributed by atoms with Gasteiger partial charge >= 0.3 is 0 Å². The molecule has 1 atom stereocenters. The van der Waals surface area contributed by atoms with Crippen molar-refractivity contribution in [2.45, 2.75) is 6.04 Å². The molecule has 0 bridgehead atoms. The molecule has 1 rings (SSSR count). The summed E-state index contributed by atoms with van der Waals surface area (Å²) in [6, 6.07) is 4.28. The number of carbonyl (C=O) groups excluding carboxylic acids is 1. The molecular formula is C11H14Cl2N2O2. The van der Waals surface area contributed by atoms with Gasteiger partial charge in [-0.1, -0.05) is 23.2 Å². The normalized spacial score (nSPS) is 12.4. The van der Waals surface area contributed by atoms with Crippen LogP contribution in [0.3, 0.4) is 0 Å². The van der Waals surface area contributed by atoms with Gasteiger partial charge in [-0.3, -0.25) is 10.1 Å². The predicted molar refractivity (Wildman–Crippen MR) is 68.3 cm³/mol. The lowest BCUT2D eigenvalue weighted by atomic mass is 10.1. The van der Waals surface area contributed by atoms with Gasteiger partial charge in [0.1, 0.15) is 6.04 Å². The molecule has 0 heterocycles. The molecule has 0 aliphatic carbocycles. The van der Waals surface area contributed by atoms with Gasteiger partial charge < -0.3 is 10.5 Å². The van der Waals surface area contributed by atoms with Crippen molar-refractivity contribution in [2.24, 2.45) is 5.73 Å². The Morgan fingerprint density at radius 2 is 2.00 bits per heavy atom. The van der Waals surface area contributed by atoms with E-state index in [4.69, 9.17) is 33.7 Å². The van der Waals surface area contributed by atoms with E-state index >= 15 is 0 Å². The van der Waals surface area contributed by atoms with Gasteiger partial charge in [0.2, 0.25) is 5.91 Å². The number of halogens is 2. The average molecular weight is 277 g/mol. The van der Waals surface area contributed by atoms with Gasteiger partial charge in [0.25, 0.3) is 0 Å². The Morgan fingerprint density at radius 1 is 1.41 bits per heavy atom. The minimum Gasteiger partial charge on any atom is -0.383 e. The number of hydrogen-bond acceptors (Lipinski definition) is 3. The third-order valence-electron chi connectivity index (χ3n) is 2.16. The zero-order chi connectivity index (χ0) is 12.8. The van der Waals surface area contributed by atoms with E-state index in [9.17, 15) is 4.79 Å².